The van der Waals surface area contributed by atoms with Gasteiger partial charge in [-0.2, -0.15) is 0 Å². The zero-order valence-electron chi connectivity index (χ0n) is 10.2. The van der Waals surface area contributed by atoms with E-state index in [1.54, 1.807) is 21.1 Å². The van der Waals surface area contributed by atoms with Crippen LogP contribution >= 0.6 is 0 Å². The number of ketones is 1. The van der Waals surface area contributed by atoms with Gasteiger partial charge in [0.15, 0.2) is 11.5 Å². The van der Waals surface area contributed by atoms with Gasteiger partial charge in [-0.1, -0.05) is 13.0 Å². The summed E-state index contributed by atoms with van der Waals surface area (Å²) in [5.41, 5.74) is 0.979. The van der Waals surface area contributed by atoms with Gasteiger partial charge in [-0.15, -0.1) is 0 Å². The molecule has 0 radical (unpaired) electrons. The van der Waals surface area contributed by atoms with Crippen molar-refractivity contribution in [2.45, 2.75) is 26.2 Å². The van der Waals surface area contributed by atoms with E-state index in [0.717, 1.165) is 12.0 Å². The maximum Gasteiger partial charge on any atom is 0.161 e. The third-order valence-corrected chi connectivity index (χ3v) is 2.71. The largest absolute Gasteiger partial charge is 0.493 e. The van der Waals surface area contributed by atoms with Crippen LogP contribution in [0.2, 0.25) is 0 Å². The molecule has 1 aromatic rings. The molecule has 0 aliphatic heterocycles. The smallest absolute Gasteiger partial charge is 0.161 e. The lowest BCUT2D eigenvalue weighted by Crippen LogP contribution is -2.07. The molecule has 0 N–H and O–H groups in total. The molecule has 16 heavy (non-hydrogen) atoms. The summed E-state index contributed by atoms with van der Waals surface area (Å²) in [6, 6.07) is 5.62. The molecule has 1 atom stereocenters. The summed E-state index contributed by atoms with van der Waals surface area (Å²) >= 11 is 0. The molecule has 0 heterocycles. The van der Waals surface area contributed by atoms with Crippen LogP contribution in [0.15, 0.2) is 18.2 Å². The number of ether oxygens (including phenoxy) is 2. The Morgan fingerprint density at radius 1 is 1.25 bits per heavy atom. The lowest BCUT2D eigenvalue weighted by molar-refractivity contribution is -0.118. The van der Waals surface area contributed by atoms with Gasteiger partial charge < -0.3 is 9.47 Å². The van der Waals surface area contributed by atoms with Gasteiger partial charge in [-0.25, -0.2) is 0 Å². The fraction of sp³-hybridized carbons (Fsp3) is 0.462. The number of rotatable bonds is 5. The van der Waals surface area contributed by atoms with Crippen LogP contribution in [0.3, 0.4) is 0 Å². The third kappa shape index (κ3) is 2.54. The number of methoxy groups -OCH3 is 2. The van der Waals surface area contributed by atoms with E-state index in [-0.39, 0.29) is 11.7 Å². The van der Waals surface area contributed by atoms with Gasteiger partial charge in [0.2, 0.25) is 0 Å². The molecule has 1 aromatic carbocycles. The topological polar surface area (TPSA) is 35.5 Å². The van der Waals surface area contributed by atoms with E-state index in [2.05, 4.69) is 0 Å². The number of Topliss-reactive ketones (excluding diaryl/α,β-unsaturated/α-hetero) is 1. The number of carbonyl (C=O) groups is 1. The van der Waals surface area contributed by atoms with Crippen LogP contribution < -0.4 is 9.47 Å². The summed E-state index contributed by atoms with van der Waals surface area (Å²) in [5, 5.41) is 0. The van der Waals surface area contributed by atoms with Crippen molar-refractivity contribution in [3.63, 3.8) is 0 Å². The van der Waals surface area contributed by atoms with Crippen molar-refractivity contribution in [1.82, 2.24) is 0 Å². The number of hydrogen-bond acceptors (Lipinski definition) is 3. The Balaban J connectivity index is 3.11. The van der Waals surface area contributed by atoms with E-state index >= 15 is 0 Å². The predicted octanol–water partition coefficient (Wildman–Crippen LogP) is 2.79. The average Bonchev–Trinajstić information content (AvgIpc) is 2.29. The third-order valence-electron chi connectivity index (χ3n) is 2.71. The molecule has 1 rings (SSSR count). The van der Waals surface area contributed by atoms with Crippen LogP contribution in [0.5, 0.6) is 11.5 Å². The Labute approximate surface area is 96.4 Å². The van der Waals surface area contributed by atoms with E-state index in [1.165, 1.54) is 0 Å². The van der Waals surface area contributed by atoms with E-state index in [4.69, 9.17) is 9.47 Å². The molecule has 3 nitrogen and oxygen atoms in total. The Morgan fingerprint density at radius 2 is 1.88 bits per heavy atom. The van der Waals surface area contributed by atoms with E-state index < -0.39 is 0 Å². The molecule has 0 bridgehead atoms. The van der Waals surface area contributed by atoms with Gasteiger partial charge in [-0.05, 0) is 31.0 Å². The summed E-state index contributed by atoms with van der Waals surface area (Å²) in [6.45, 7) is 3.62. The molecular formula is C13H18O3. The Bertz CT molecular complexity index is 371. The van der Waals surface area contributed by atoms with Crippen LogP contribution in [0.25, 0.3) is 0 Å². The second-order valence-corrected chi connectivity index (χ2v) is 3.69. The van der Waals surface area contributed by atoms with Crippen LogP contribution in [-0.4, -0.2) is 20.0 Å². The number of benzene rings is 1. The highest BCUT2D eigenvalue weighted by Crippen LogP contribution is 2.31. The minimum absolute atomic E-state index is 0.0557. The molecule has 88 valence electrons. The summed E-state index contributed by atoms with van der Waals surface area (Å²) in [7, 11) is 3.19. The minimum Gasteiger partial charge on any atom is -0.493 e. The monoisotopic (exact) mass is 222 g/mol. The second-order valence-electron chi connectivity index (χ2n) is 3.69. The fourth-order valence-electron chi connectivity index (χ4n) is 1.83. The van der Waals surface area contributed by atoms with Crippen LogP contribution in [-0.2, 0) is 4.79 Å². The minimum atomic E-state index is -0.0557. The van der Waals surface area contributed by atoms with Gasteiger partial charge in [0.05, 0.1) is 14.2 Å². The highest BCUT2D eigenvalue weighted by atomic mass is 16.5. The van der Waals surface area contributed by atoms with Gasteiger partial charge >= 0.3 is 0 Å². The van der Waals surface area contributed by atoms with E-state index in [9.17, 15) is 4.79 Å². The zero-order valence-corrected chi connectivity index (χ0v) is 10.2. The Hall–Kier alpha value is -1.51. The Kier molecular flexibility index (Phi) is 4.35. The normalized spacial score (nSPS) is 12.0. The molecule has 0 spiro atoms. The maximum absolute atomic E-state index is 11.5. The summed E-state index contributed by atoms with van der Waals surface area (Å²) < 4.78 is 10.4. The van der Waals surface area contributed by atoms with Crippen molar-refractivity contribution in [2.75, 3.05) is 14.2 Å². The van der Waals surface area contributed by atoms with Crippen LogP contribution in [0.1, 0.15) is 31.7 Å². The van der Waals surface area contributed by atoms with Crippen molar-refractivity contribution in [1.29, 1.82) is 0 Å². The summed E-state index contributed by atoms with van der Waals surface area (Å²) in [6.07, 6.45) is 0.796. The zero-order chi connectivity index (χ0) is 12.1. The molecule has 0 fully saturated rings. The number of hydrogen-bond donors (Lipinski definition) is 0. The quantitative estimate of drug-likeness (QED) is 0.768. The van der Waals surface area contributed by atoms with Crippen molar-refractivity contribution < 1.29 is 14.3 Å². The second kappa shape index (κ2) is 5.54. The lowest BCUT2D eigenvalue weighted by atomic mass is 9.93. The van der Waals surface area contributed by atoms with Gasteiger partial charge in [0.1, 0.15) is 5.78 Å². The molecule has 0 aromatic heterocycles. The fourth-order valence-corrected chi connectivity index (χ4v) is 1.83. The van der Waals surface area contributed by atoms with E-state index in [1.807, 2.05) is 25.1 Å². The van der Waals surface area contributed by atoms with Crippen LogP contribution in [0, 0.1) is 0 Å². The average molecular weight is 222 g/mol. The molecule has 1 unspecified atom stereocenters. The summed E-state index contributed by atoms with van der Waals surface area (Å²) in [4.78, 5) is 11.5. The van der Waals surface area contributed by atoms with Gasteiger partial charge in [0.25, 0.3) is 0 Å². The first-order valence-electron chi connectivity index (χ1n) is 5.36. The van der Waals surface area contributed by atoms with Crippen molar-refractivity contribution in [2.24, 2.45) is 0 Å². The number of carbonyl (C=O) groups excluding carboxylic acids is 1. The molecule has 0 saturated carbocycles. The molecule has 0 amide bonds. The van der Waals surface area contributed by atoms with Gasteiger partial charge in [-0.3, -0.25) is 4.79 Å². The predicted molar refractivity (Wildman–Crippen MR) is 63.3 cm³/mol. The standard InChI is InChI=1S/C13H18O3/c1-5-11(9(2)14)10-6-7-12(15-3)13(8-10)16-4/h6-8,11H,5H2,1-4H3. The highest BCUT2D eigenvalue weighted by Gasteiger charge is 2.16. The van der Waals surface area contributed by atoms with Crippen molar-refractivity contribution >= 4 is 5.78 Å². The van der Waals surface area contributed by atoms with Crippen LogP contribution in [0.4, 0.5) is 0 Å². The van der Waals surface area contributed by atoms with Crippen molar-refractivity contribution in [3.05, 3.63) is 23.8 Å². The Morgan fingerprint density at radius 3 is 2.31 bits per heavy atom. The van der Waals surface area contributed by atoms with Crippen molar-refractivity contribution in [3.8, 4) is 11.5 Å². The first-order chi connectivity index (χ1) is 7.63. The SMILES string of the molecule is CCC(C(C)=O)c1ccc(OC)c(OC)c1. The van der Waals surface area contributed by atoms with E-state index in [0.29, 0.717) is 11.5 Å². The summed E-state index contributed by atoms with van der Waals surface area (Å²) in [5.74, 6) is 1.47. The first-order valence-corrected chi connectivity index (χ1v) is 5.36. The first kappa shape index (κ1) is 12.6. The molecular weight excluding hydrogens is 204 g/mol. The molecule has 3 heteroatoms. The molecule has 0 aliphatic carbocycles. The lowest BCUT2D eigenvalue weighted by Gasteiger charge is -2.14. The highest BCUT2D eigenvalue weighted by molar-refractivity contribution is 5.83. The molecule has 0 aliphatic rings. The maximum atomic E-state index is 11.5. The van der Waals surface area contributed by atoms with Gasteiger partial charge in [0, 0.05) is 5.92 Å². The molecule has 0 saturated heterocycles.